The zero-order chi connectivity index (χ0) is 28.5. The minimum absolute atomic E-state index is 0.0179. The molecule has 3 atom stereocenters. The average molecular weight is 589 g/mol. The Kier molecular flexibility index (Phi) is 8.38. The molecule has 0 bridgehead atoms. The Hall–Kier alpha value is -2.96. The minimum Gasteiger partial charge on any atom is -0.379 e. The molecule has 1 fully saturated rings. The van der Waals surface area contributed by atoms with E-state index in [1.165, 1.54) is 18.3 Å². The molecule has 0 amide bonds. The number of rotatable bonds is 7. The number of halogens is 6. The smallest absolute Gasteiger partial charge is 0.379 e. The van der Waals surface area contributed by atoms with Crippen molar-refractivity contribution in [3.05, 3.63) is 82.5 Å². The van der Waals surface area contributed by atoms with Gasteiger partial charge in [0.15, 0.2) is 0 Å². The van der Waals surface area contributed by atoms with Crippen LogP contribution in [0.15, 0.2) is 59.6 Å². The highest BCUT2D eigenvalue weighted by Gasteiger charge is 2.37. The lowest BCUT2D eigenvalue weighted by Crippen LogP contribution is -2.47. The number of aromatic nitrogens is 1. The maximum absolute atomic E-state index is 15.0. The molecule has 0 aliphatic heterocycles. The van der Waals surface area contributed by atoms with E-state index in [2.05, 4.69) is 15.0 Å². The van der Waals surface area contributed by atoms with Crippen molar-refractivity contribution in [2.75, 3.05) is 24.1 Å². The number of nitrogens with zero attached hydrogens (tertiary/aromatic N) is 2. The molecule has 0 saturated heterocycles. The first kappa shape index (κ1) is 29.0. The van der Waals surface area contributed by atoms with Crippen molar-refractivity contribution in [2.45, 2.75) is 48.3 Å². The maximum atomic E-state index is 15.0. The molecule has 0 radical (unpaired) electrons. The fourth-order valence-electron chi connectivity index (χ4n) is 4.86. The summed E-state index contributed by atoms with van der Waals surface area (Å²) in [6.45, 7) is 0. The standard InChI is InChI=1S/C26H26ClF5N4O2S/c1-36(2)23-12-16(15-6-8-19(28)17(11-15)26(30,31)32)7-9-21(23)34-22-14-20(29)24(13-18(22)27)39(37,38)35-25-5-3-4-10-33-25/h3-6,8,10-11,13-14,16,21,23,34H,7,9,12H2,1-2H3,(H,33,35)/t16-,21-,23-/m0/s1. The van der Waals surface area contributed by atoms with Crippen LogP contribution in [0.5, 0.6) is 0 Å². The summed E-state index contributed by atoms with van der Waals surface area (Å²) in [7, 11) is -0.682. The summed E-state index contributed by atoms with van der Waals surface area (Å²) in [5.74, 6) is -2.58. The van der Waals surface area contributed by atoms with Crippen molar-refractivity contribution < 1.29 is 30.4 Å². The van der Waals surface area contributed by atoms with Crippen LogP contribution in [0.2, 0.25) is 5.02 Å². The molecular formula is C26H26ClF5N4O2S. The lowest BCUT2D eigenvalue weighted by atomic mass is 9.78. The highest BCUT2D eigenvalue weighted by molar-refractivity contribution is 7.92. The molecule has 1 heterocycles. The molecule has 1 aromatic heterocycles. The summed E-state index contributed by atoms with van der Waals surface area (Å²) < 4.78 is 96.2. The summed E-state index contributed by atoms with van der Waals surface area (Å²) >= 11 is 6.36. The number of anilines is 2. The quantitative estimate of drug-likeness (QED) is 0.308. The van der Waals surface area contributed by atoms with Crippen molar-refractivity contribution in [1.29, 1.82) is 0 Å². The van der Waals surface area contributed by atoms with E-state index in [-0.39, 0.29) is 34.5 Å². The molecule has 210 valence electrons. The normalized spacial score (nSPS) is 20.2. The molecule has 2 N–H and O–H groups in total. The van der Waals surface area contributed by atoms with Crippen LogP contribution in [0.25, 0.3) is 0 Å². The Balaban J connectivity index is 1.53. The zero-order valence-corrected chi connectivity index (χ0v) is 22.5. The molecular weight excluding hydrogens is 563 g/mol. The van der Waals surface area contributed by atoms with Crippen LogP contribution in [0.1, 0.15) is 36.3 Å². The third-order valence-corrected chi connectivity index (χ3v) is 8.49. The van der Waals surface area contributed by atoms with Crippen molar-refractivity contribution in [3.63, 3.8) is 0 Å². The molecule has 4 rings (SSSR count). The lowest BCUT2D eigenvalue weighted by molar-refractivity contribution is -0.140. The highest BCUT2D eigenvalue weighted by Crippen LogP contribution is 2.40. The Labute approximate surface area is 228 Å². The first-order valence-electron chi connectivity index (χ1n) is 12.0. The highest BCUT2D eigenvalue weighted by atomic mass is 35.5. The maximum Gasteiger partial charge on any atom is 0.419 e. The molecule has 13 heteroatoms. The second-order valence-electron chi connectivity index (χ2n) is 9.61. The fraction of sp³-hybridized carbons (Fsp3) is 0.346. The largest absolute Gasteiger partial charge is 0.419 e. The summed E-state index contributed by atoms with van der Waals surface area (Å²) in [4.78, 5) is 5.13. The fourth-order valence-corrected chi connectivity index (χ4v) is 6.24. The second-order valence-corrected chi connectivity index (χ2v) is 11.7. The number of hydrogen-bond acceptors (Lipinski definition) is 5. The van der Waals surface area contributed by atoms with E-state index < -0.39 is 38.3 Å². The van der Waals surface area contributed by atoms with Gasteiger partial charge >= 0.3 is 6.18 Å². The number of likely N-dealkylation sites (N-methyl/N-ethyl adjacent to an activating group) is 1. The van der Waals surface area contributed by atoms with Crippen LogP contribution >= 0.6 is 11.6 Å². The Bertz CT molecular complexity index is 1440. The summed E-state index contributed by atoms with van der Waals surface area (Å²) in [5, 5.41) is 3.16. The van der Waals surface area contributed by atoms with Crippen LogP contribution in [0, 0.1) is 11.6 Å². The van der Waals surface area contributed by atoms with Gasteiger partial charge in [0, 0.05) is 18.3 Å². The van der Waals surface area contributed by atoms with Gasteiger partial charge in [-0.1, -0.05) is 23.7 Å². The van der Waals surface area contributed by atoms with E-state index in [4.69, 9.17) is 11.6 Å². The number of sulfonamides is 1. The van der Waals surface area contributed by atoms with Gasteiger partial charge in [-0.05, 0) is 81.2 Å². The third kappa shape index (κ3) is 6.62. The van der Waals surface area contributed by atoms with Crippen LogP contribution in [0.4, 0.5) is 33.5 Å². The predicted molar refractivity (Wildman–Crippen MR) is 139 cm³/mol. The lowest BCUT2D eigenvalue weighted by Gasteiger charge is -2.41. The van der Waals surface area contributed by atoms with Crippen LogP contribution in [0.3, 0.4) is 0 Å². The Morgan fingerprint density at radius 3 is 2.41 bits per heavy atom. The first-order chi connectivity index (χ1) is 18.3. The van der Waals surface area contributed by atoms with E-state index >= 15 is 4.39 Å². The number of benzene rings is 2. The van der Waals surface area contributed by atoms with E-state index in [0.29, 0.717) is 24.8 Å². The van der Waals surface area contributed by atoms with Crippen molar-refractivity contribution in [1.82, 2.24) is 9.88 Å². The molecule has 1 aliphatic carbocycles. The Morgan fingerprint density at radius 2 is 1.77 bits per heavy atom. The minimum atomic E-state index is -4.80. The summed E-state index contributed by atoms with van der Waals surface area (Å²) in [6, 6.07) is 9.22. The number of pyridine rings is 1. The van der Waals surface area contributed by atoms with Crippen molar-refractivity contribution in [3.8, 4) is 0 Å². The van der Waals surface area contributed by atoms with Crippen LogP contribution in [-0.2, 0) is 16.2 Å². The third-order valence-electron chi connectivity index (χ3n) is 6.80. The molecule has 6 nitrogen and oxygen atoms in total. The summed E-state index contributed by atoms with van der Waals surface area (Å²) in [6.07, 6.45) is -1.98. The van der Waals surface area contributed by atoms with Crippen molar-refractivity contribution >= 4 is 33.1 Å². The van der Waals surface area contributed by atoms with E-state index in [0.717, 1.165) is 24.3 Å². The van der Waals surface area contributed by atoms with Gasteiger partial charge in [0.25, 0.3) is 10.0 Å². The molecule has 0 spiro atoms. The van der Waals surface area contributed by atoms with Crippen molar-refractivity contribution in [2.24, 2.45) is 0 Å². The first-order valence-corrected chi connectivity index (χ1v) is 13.8. The second kappa shape index (κ2) is 11.3. The van der Waals surface area contributed by atoms with Gasteiger partial charge in [0.1, 0.15) is 22.3 Å². The number of alkyl halides is 3. The van der Waals surface area contributed by atoms with E-state index in [1.54, 1.807) is 12.1 Å². The SMILES string of the molecule is CN(C)[C@H]1C[C@@H](c2ccc(F)c(C(F)(F)F)c2)CC[C@@H]1Nc1cc(F)c(S(=O)(=O)Nc2ccccn2)cc1Cl. The van der Waals surface area contributed by atoms with Gasteiger partial charge < -0.3 is 10.2 Å². The predicted octanol–water partition coefficient (Wildman–Crippen LogP) is 6.51. The monoisotopic (exact) mass is 588 g/mol. The summed E-state index contributed by atoms with van der Waals surface area (Å²) in [5.41, 5.74) is -0.716. The van der Waals surface area contributed by atoms with Gasteiger partial charge in [-0.25, -0.2) is 22.2 Å². The zero-order valence-electron chi connectivity index (χ0n) is 20.9. The van der Waals surface area contributed by atoms with Gasteiger partial charge in [-0.2, -0.15) is 13.2 Å². The molecule has 3 aromatic rings. The molecule has 1 saturated carbocycles. The van der Waals surface area contributed by atoms with Gasteiger partial charge in [-0.15, -0.1) is 0 Å². The molecule has 2 aromatic carbocycles. The van der Waals surface area contributed by atoms with E-state index in [1.807, 2.05) is 19.0 Å². The van der Waals surface area contributed by atoms with Gasteiger partial charge in [0.05, 0.1) is 16.3 Å². The van der Waals surface area contributed by atoms with Gasteiger partial charge in [0.2, 0.25) is 0 Å². The molecule has 39 heavy (non-hydrogen) atoms. The Morgan fingerprint density at radius 1 is 1.03 bits per heavy atom. The molecule has 1 aliphatic rings. The van der Waals surface area contributed by atoms with Gasteiger partial charge in [-0.3, -0.25) is 4.72 Å². The topological polar surface area (TPSA) is 74.3 Å². The molecule has 0 unspecified atom stereocenters. The van der Waals surface area contributed by atoms with Crippen LogP contribution < -0.4 is 10.0 Å². The van der Waals surface area contributed by atoms with E-state index in [9.17, 15) is 26.0 Å². The van der Waals surface area contributed by atoms with Crippen LogP contribution in [-0.4, -0.2) is 44.5 Å². The number of hydrogen-bond donors (Lipinski definition) is 2. The average Bonchev–Trinajstić information content (AvgIpc) is 2.86. The number of nitrogens with one attached hydrogen (secondary N) is 2.